The summed E-state index contributed by atoms with van der Waals surface area (Å²) in [7, 11) is 0. The van der Waals surface area contributed by atoms with Crippen molar-refractivity contribution in [2.24, 2.45) is 5.41 Å². The number of aromatic nitrogens is 4. The van der Waals surface area contributed by atoms with E-state index in [2.05, 4.69) is 162 Å². The average molecular weight is 703 g/mol. The van der Waals surface area contributed by atoms with Gasteiger partial charge in [-0.05, 0) is 102 Å². The third-order valence-electron chi connectivity index (χ3n) is 10.2. The van der Waals surface area contributed by atoms with Crippen molar-refractivity contribution >= 4 is 21.8 Å². The minimum absolute atomic E-state index is 0.000592. The topological polar surface area (TPSA) is 44.9 Å². The maximum absolute atomic E-state index is 6.71. The Balaban J connectivity index is 1.31. The number of aryl methyl sites for hydroxylation is 2. The van der Waals surface area contributed by atoms with Crippen molar-refractivity contribution in [3.63, 3.8) is 0 Å². The molecule has 0 aliphatic carbocycles. The molecule has 0 spiro atoms. The van der Waals surface area contributed by atoms with Gasteiger partial charge < -0.3 is 4.74 Å². The first-order valence-corrected chi connectivity index (χ1v) is 19.4. The average Bonchev–Trinajstić information content (AvgIpc) is 3.65. The molecule has 0 aliphatic rings. The van der Waals surface area contributed by atoms with Crippen molar-refractivity contribution < 1.29 is 4.74 Å². The predicted molar refractivity (Wildman–Crippen MR) is 222 cm³/mol. The van der Waals surface area contributed by atoms with Crippen LogP contribution in [0.4, 0.5) is 0 Å². The summed E-state index contributed by atoms with van der Waals surface area (Å²) >= 11 is 0. The minimum Gasteiger partial charge on any atom is -0.457 e. The van der Waals surface area contributed by atoms with E-state index in [9.17, 15) is 0 Å². The third-order valence-corrected chi connectivity index (χ3v) is 10.2. The highest BCUT2D eigenvalue weighted by Crippen LogP contribution is 2.38. The molecule has 0 radical (unpaired) electrons. The number of hydrogen-bond donors (Lipinski definition) is 0. The highest BCUT2D eigenvalue weighted by molar-refractivity contribution is 6.09. The third kappa shape index (κ3) is 7.67. The van der Waals surface area contributed by atoms with Crippen LogP contribution in [-0.2, 0) is 24.7 Å². The van der Waals surface area contributed by atoms with Gasteiger partial charge in [-0.2, -0.15) is 5.10 Å². The van der Waals surface area contributed by atoms with E-state index in [1.807, 2.05) is 12.3 Å². The molecule has 0 saturated heterocycles. The van der Waals surface area contributed by atoms with Crippen LogP contribution in [0, 0.1) is 5.41 Å². The second kappa shape index (κ2) is 14.7. The van der Waals surface area contributed by atoms with E-state index >= 15 is 0 Å². The zero-order valence-electron chi connectivity index (χ0n) is 32.8. The summed E-state index contributed by atoms with van der Waals surface area (Å²) in [6.07, 6.45) is 8.07. The van der Waals surface area contributed by atoms with Gasteiger partial charge in [-0.1, -0.05) is 111 Å². The van der Waals surface area contributed by atoms with Crippen LogP contribution in [0.1, 0.15) is 97.2 Å². The molecule has 53 heavy (non-hydrogen) atoms. The molecular formula is C48H54N4O. The van der Waals surface area contributed by atoms with E-state index in [1.165, 1.54) is 38.7 Å². The van der Waals surface area contributed by atoms with E-state index in [0.717, 1.165) is 78.3 Å². The number of ether oxygens (including phenoxy) is 1. The van der Waals surface area contributed by atoms with Crippen molar-refractivity contribution in [2.75, 3.05) is 0 Å². The lowest BCUT2D eigenvalue weighted by Gasteiger charge is -2.20. The summed E-state index contributed by atoms with van der Waals surface area (Å²) in [5.41, 5.74) is 11.0. The lowest BCUT2D eigenvalue weighted by molar-refractivity contribution is 0.378. The van der Waals surface area contributed by atoms with Gasteiger partial charge in [-0.25, -0.2) is 9.67 Å². The Kier molecular flexibility index (Phi) is 10.0. The highest BCUT2D eigenvalue weighted by Gasteiger charge is 2.21. The molecule has 3 aromatic heterocycles. The fourth-order valence-electron chi connectivity index (χ4n) is 7.39. The van der Waals surface area contributed by atoms with Crippen molar-refractivity contribution in [2.45, 2.75) is 99.3 Å². The molecule has 272 valence electrons. The Labute approximate surface area is 315 Å². The van der Waals surface area contributed by atoms with Crippen LogP contribution in [0.2, 0.25) is 0 Å². The number of fused-ring (bicyclic) bond motifs is 3. The molecule has 5 heteroatoms. The number of rotatable bonds is 11. The molecule has 0 amide bonds. The number of hydrogen-bond acceptors (Lipinski definition) is 3. The van der Waals surface area contributed by atoms with Gasteiger partial charge in [-0.15, -0.1) is 0 Å². The second-order valence-corrected chi connectivity index (χ2v) is 16.7. The lowest BCUT2D eigenvalue weighted by atomic mass is 9.88. The number of benzene rings is 4. The molecular weight excluding hydrogens is 649 g/mol. The monoisotopic (exact) mass is 702 g/mol. The SMILES string of the molecule is CCCc1nn(-c2cccc(Oc3ccc4c5cc(CCC(C)(C)C)ccc5n(-c5cc(C(C)(C)C)ccn5)c4c3)c2)c(CCC)c1-c1ccccc1. The lowest BCUT2D eigenvalue weighted by Crippen LogP contribution is -2.12. The van der Waals surface area contributed by atoms with Crippen LogP contribution >= 0.6 is 0 Å². The van der Waals surface area contributed by atoms with Gasteiger partial charge in [0.05, 0.1) is 28.1 Å². The fraction of sp³-hybridized carbons (Fsp3) is 0.333. The van der Waals surface area contributed by atoms with E-state index in [0.29, 0.717) is 0 Å². The Hall–Kier alpha value is -5.16. The zero-order valence-corrected chi connectivity index (χ0v) is 32.8. The quantitative estimate of drug-likeness (QED) is 0.135. The first kappa shape index (κ1) is 36.2. The largest absolute Gasteiger partial charge is 0.457 e. The molecule has 0 fully saturated rings. The van der Waals surface area contributed by atoms with Gasteiger partial charge in [0.25, 0.3) is 0 Å². The summed E-state index contributed by atoms with van der Waals surface area (Å²) < 4.78 is 11.2. The Bertz CT molecular complexity index is 2370. The van der Waals surface area contributed by atoms with Crippen molar-refractivity contribution in [3.05, 3.63) is 132 Å². The maximum atomic E-state index is 6.71. The molecule has 7 rings (SSSR count). The van der Waals surface area contributed by atoms with Gasteiger partial charge in [0.2, 0.25) is 0 Å². The summed E-state index contributed by atoms with van der Waals surface area (Å²) in [5, 5.41) is 7.66. The molecule has 0 saturated carbocycles. The second-order valence-electron chi connectivity index (χ2n) is 16.7. The fourth-order valence-corrected chi connectivity index (χ4v) is 7.39. The van der Waals surface area contributed by atoms with Gasteiger partial charge in [-0.3, -0.25) is 4.57 Å². The van der Waals surface area contributed by atoms with Crippen LogP contribution < -0.4 is 4.74 Å². The molecule has 0 atom stereocenters. The van der Waals surface area contributed by atoms with Gasteiger partial charge in [0.15, 0.2) is 0 Å². The van der Waals surface area contributed by atoms with Crippen LogP contribution in [0.15, 0.2) is 109 Å². The maximum Gasteiger partial charge on any atom is 0.137 e. The molecule has 0 aliphatic heterocycles. The summed E-state index contributed by atoms with van der Waals surface area (Å²) in [6, 6.07) is 36.9. The van der Waals surface area contributed by atoms with Crippen LogP contribution in [0.5, 0.6) is 11.5 Å². The number of pyridine rings is 1. The van der Waals surface area contributed by atoms with Gasteiger partial charge in [0, 0.05) is 34.7 Å². The highest BCUT2D eigenvalue weighted by atomic mass is 16.5. The van der Waals surface area contributed by atoms with E-state index in [1.54, 1.807) is 0 Å². The van der Waals surface area contributed by atoms with Crippen molar-refractivity contribution in [3.8, 4) is 34.1 Å². The molecule has 0 N–H and O–H groups in total. The standard InChI is InChI=1S/C48H54N4O/c1-9-15-41-46(34-17-12-11-13-18-34)43(16-10-2)52(50-41)36-19-14-20-37(31-36)53-38-22-23-39-40-29-33(25-27-47(3,4)5)21-24-42(40)51(44(39)32-38)45-30-35(26-28-49-45)48(6,7)8/h11-14,17-24,26,28-32H,9-10,15-16,25,27H2,1-8H3. The summed E-state index contributed by atoms with van der Waals surface area (Å²) in [6.45, 7) is 18.2. The van der Waals surface area contributed by atoms with Crippen LogP contribution in [0.3, 0.4) is 0 Å². The Morgan fingerprint density at radius 3 is 2.17 bits per heavy atom. The number of nitrogens with zero attached hydrogens (tertiary/aromatic N) is 4. The first-order chi connectivity index (χ1) is 25.4. The molecule has 0 unspecified atom stereocenters. The molecule has 0 bridgehead atoms. The first-order valence-electron chi connectivity index (χ1n) is 19.4. The van der Waals surface area contributed by atoms with Crippen molar-refractivity contribution in [1.82, 2.24) is 19.3 Å². The summed E-state index contributed by atoms with van der Waals surface area (Å²) in [4.78, 5) is 4.93. The van der Waals surface area contributed by atoms with Crippen molar-refractivity contribution in [1.29, 1.82) is 0 Å². The zero-order chi connectivity index (χ0) is 37.3. The van der Waals surface area contributed by atoms with Gasteiger partial charge >= 0.3 is 0 Å². The molecule has 7 aromatic rings. The summed E-state index contributed by atoms with van der Waals surface area (Å²) in [5.74, 6) is 2.47. The van der Waals surface area contributed by atoms with E-state index < -0.39 is 0 Å². The predicted octanol–water partition coefficient (Wildman–Crippen LogP) is 13.0. The minimum atomic E-state index is 0.000592. The molecule has 4 aromatic carbocycles. The Morgan fingerprint density at radius 2 is 1.43 bits per heavy atom. The van der Waals surface area contributed by atoms with Gasteiger partial charge in [0.1, 0.15) is 17.3 Å². The van der Waals surface area contributed by atoms with E-state index in [-0.39, 0.29) is 10.8 Å². The van der Waals surface area contributed by atoms with Crippen LogP contribution in [0.25, 0.3) is 44.4 Å². The molecule has 3 heterocycles. The normalized spacial score (nSPS) is 12.2. The molecule has 5 nitrogen and oxygen atoms in total. The van der Waals surface area contributed by atoms with E-state index in [4.69, 9.17) is 14.8 Å². The van der Waals surface area contributed by atoms with Crippen LogP contribution in [-0.4, -0.2) is 19.3 Å². The smallest absolute Gasteiger partial charge is 0.137 e. The Morgan fingerprint density at radius 1 is 0.660 bits per heavy atom.